The molecule has 2 atom stereocenters. The third kappa shape index (κ3) is 3.43. The SMILES string of the molecule is C[C@@H](N[S@](=O)C(C)(C)C)c1ccc2ccccc2c1. The van der Waals surface area contributed by atoms with E-state index in [9.17, 15) is 4.21 Å². The van der Waals surface area contributed by atoms with Gasteiger partial charge >= 0.3 is 0 Å². The normalized spacial score (nSPS) is 15.4. The molecule has 2 nitrogen and oxygen atoms in total. The molecule has 0 saturated carbocycles. The largest absolute Gasteiger partial charge is 0.242 e. The summed E-state index contributed by atoms with van der Waals surface area (Å²) in [6, 6.07) is 14.7. The lowest BCUT2D eigenvalue weighted by Gasteiger charge is -2.22. The Kier molecular flexibility index (Phi) is 4.07. The highest BCUT2D eigenvalue weighted by Gasteiger charge is 2.21. The van der Waals surface area contributed by atoms with E-state index in [1.165, 1.54) is 10.8 Å². The van der Waals surface area contributed by atoms with Crippen LogP contribution in [-0.4, -0.2) is 8.96 Å². The van der Waals surface area contributed by atoms with Crippen LogP contribution < -0.4 is 4.72 Å². The molecule has 2 aromatic carbocycles. The molecule has 19 heavy (non-hydrogen) atoms. The van der Waals surface area contributed by atoms with E-state index in [0.29, 0.717) is 0 Å². The van der Waals surface area contributed by atoms with Crippen molar-refractivity contribution in [2.45, 2.75) is 38.5 Å². The number of benzene rings is 2. The number of hydrogen-bond acceptors (Lipinski definition) is 1. The fourth-order valence-corrected chi connectivity index (χ4v) is 2.69. The molecule has 0 aliphatic carbocycles. The predicted molar refractivity (Wildman–Crippen MR) is 83.4 cm³/mol. The van der Waals surface area contributed by atoms with Gasteiger partial charge in [0.2, 0.25) is 0 Å². The average molecular weight is 275 g/mol. The van der Waals surface area contributed by atoms with Crippen LogP contribution in [0.3, 0.4) is 0 Å². The number of nitrogens with one attached hydrogen (secondary N) is 1. The summed E-state index contributed by atoms with van der Waals surface area (Å²) in [7, 11) is -1.05. The Labute approximate surface area is 117 Å². The van der Waals surface area contributed by atoms with E-state index in [1.54, 1.807) is 0 Å². The molecule has 102 valence electrons. The molecular weight excluding hydrogens is 254 g/mol. The quantitative estimate of drug-likeness (QED) is 0.902. The Morgan fingerprint density at radius 3 is 2.32 bits per heavy atom. The number of fused-ring (bicyclic) bond motifs is 1. The van der Waals surface area contributed by atoms with Gasteiger partial charge in [0.05, 0.1) is 15.7 Å². The molecule has 0 spiro atoms. The summed E-state index contributed by atoms with van der Waals surface area (Å²) in [5, 5.41) is 2.45. The first kappa shape index (κ1) is 14.2. The van der Waals surface area contributed by atoms with Gasteiger partial charge in [-0.1, -0.05) is 36.4 Å². The van der Waals surface area contributed by atoms with Gasteiger partial charge in [-0.25, -0.2) is 8.93 Å². The number of hydrogen-bond donors (Lipinski definition) is 1. The molecular formula is C16H21NOS. The highest BCUT2D eigenvalue weighted by atomic mass is 32.2. The topological polar surface area (TPSA) is 29.1 Å². The van der Waals surface area contributed by atoms with Crippen molar-refractivity contribution in [3.8, 4) is 0 Å². The van der Waals surface area contributed by atoms with E-state index >= 15 is 0 Å². The zero-order chi connectivity index (χ0) is 14.0. The first-order chi connectivity index (χ1) is 8.88. The molecule has 0 fully saturated rings. The third-order valence-electron chi connectivity index (χ3n) is 3.11. The molecule has 0 unspecified atom stereocenters. The Morgan fingerprint density at radius 1 is 1.05 bits per heavy atom. The second kappa shape index (κ2) is 5.43. The van der Waals surface area contributed by atoms with Crippen LogP contribution in [0.15, 0.2) is 42.5 Å². The lowest BCUT2D eigenvalue weighted by Crippen LogP contribution is -2.34. The third-order valence-corrected chi connectivity index (χ3v) is 4.79. The number of rotatable bonds is 3. The van der Waals surface area contributed by atoms with Crippen molar-refractivity contribution in [2.24, 2.45) is 0 Å². The summed E-state index contributed by atoms with van der Waals surface area (Å²) in [6.07, 6.45) is 0. The Morgan fingerprint density at radius 2 is 1.68 bits per heavy atom. The second-order valence-corrected chi connectivity index (χ2v) is 7.83. The zero-order valence-corrected chi connectivity index (χ0v) is 12.8. The second-order valence-electron chi connectivity index (χ2n) is 5.83. The lowest BCUT2D eigenvalue weighted by atomic mass is 10.0. The van der Waals surface area contributed by atoms with Crippen LogP contribution >= 0.6 is 0 Å². The molecule has 0 saturated heterocycles. The minimum Gasteiger partial charge on any atom is -0.242 e. The molecule has 2 aromatic rings. The van der Waals surface area contributed by atoms with Crippen LogP contribution in [0.2, 0.25) is 0 Å². The van der Waals surface area contributed by atoms with E-state index in [0.717, 1.165) is 5.56 Å². The summed E-state index contributed by atoms with van der Waals surface area (Å²) in [5.41, 5.74) is 1.16. The van der Waals surface area contributed by atoms with Crippen LogP contribution in [0.1, 0.15) is 39.3 Å². The summed E-state index contributed by atoms with van der Waals surface area (Å²) in [6.45, 7) is 7.98. The molecule has 0 bridgehead atoms. The van der Waals surface area contributed by atoms with Gasteiger partial charge in [0.25, 0.3) is 0 Å². The van der Waals surface area contributed by atoms with Gasteiger partial charge in [-0.15, -0.1) is 0 Å². The summed E-state index contributed by atoms with van der Waals surface area (Å²) < 4.78 is 15.0. The maximum absolute atomic E-state index is 12.1. The van der Waals surface area contributed by atoms with E-state index in [2.05, 4.69) is 35.1 Å². The van der Waals surface area contributed by atoms with Gasteiger partial charge in [0.1, 0.15) is 0 Å². The molecule has 0 radical (unpaired) electrons. The Balaban J connectivity index is 2.22. The first-order valence-corrected chi connectivity index (χ1v) is 7.69. The minimum absolute atomic E-state index is 0.0738. The zero-order valence-electron chi connectivity index (χ0n) is 11.9. The predicted octanol–water partition coefficient (Wildman–Crippen LogP) is 3.95. The fraction of sp³-hybridized carbons (Fsp3) is 0.375. The van der Waals surface area contributed by atoms with Gasteiger partial charge < -0.3 is 0 Å². The Bertz CT molecular complexity index is 601. The van der Waals surface area contributed by atoms with Gasteiger partial charge in [-0.05, 0) is 50.1 Å². The van der Waals surface area contributed by atoms with Crippen molar-refractivity contribution in [2.75, 3.05) is 0 Å². The summed E-state index contributed by atoms with van der Waals surface area (Å²) >= 11 is 0. The van der Waals surface area contributed by atoms with Gasteiger partial charge in [-0.2, -0.15) is 0 Å². The van der Waals surface area contributed by atoms with Gasteiger partial charge in [-0.3, -0.25) is 0 Å². The average Bonchev–Trinajstić information content (AvgIpc) is 2.37. The van der Waals surface area contributed by atoms with Crippen molar-refractivity contribution >= 4 is 21.8 Å². The summed E-state index contributed by atoms with van der Waals surface area (Å²) in [5.74, 6) is 0. The highest BCUT2D eigenvalue weighted by Crippen LogP contribution is 2.21. The maximum atomic E-state index is 12.1. The van der Waals surface area contributed by atoms with Crippen LogP contribution in [0.5, 0.6) is 0 Å². The fourth-order valence-electron chi connectivity index (χ4n) is 1.88. The van der Waals surface area contributed by atoms with E-state index < -0.39 is 11.0 Å². The molecule has 0 aliphatic rings. The standard InChI is InChI=1S/C16H21NOS/c1-12(17-19(18)16(2,3)4)14-10-9-13-7-5-6-8-15(13)11-14/h5-12,17H,1-4H3/t12-,19-/m1/s1. The molecule has 0 amide bonds. The van der Waals surface area contributed by atoms with Crippen molar-refractivity contribution in [1.82, 2.24) is 4.72 Å². The monoisotopic (exact) mass is 275 g/mol. The van der Waals surface area contributed by atoms with Crippen molar-refractivity contribution in [1.29, 1.82) is 0 Å². The van der Waals surface area contributed by atoms with Crippen molar-refractivity contribution in [3.63, 3.8) is 0 Å². The van der Waals surface area contributed by atoms with E-state index in [-0.39, 0.29) is 10.8 Å². The van der Waals surface area contributed by atoms with Crippen molar-refractivity contribution in [3.05, 3.63) is 48.0 Å². The molecule has 1 N–H and O–H groups in total. The first-order valence-electron chi connectivity index (χ1n) is 6.54. The van der Waals surface area contributed by atoms with Crippen LogP contribution in [0.25, 0.3) is 10.8 Å². The molecule has 0 heterocycles. The molecule has 2 rings (SSSR count). The highest BCUT2D eigenvalue weighted by molar-refractivity contribution is 7.84. The van der Waals surface area contributed by atoms with Crippen LogP contribution in [-0.2, 0) is 11.0 Å². The van der Waals surface area contributed by atoms with E-state index in [4.69, 9.17) is 0 Å². The maximum Gasteiger partial charge on any atom is 0.0975 e. The smallest absolute Gasteiger partial charge is 0.0975 e. The van der Waals surface area contributed by atoms with Gasteiger partial charge in [0, 0.05) is 6.04 Å². The lowest BCUT2D eigenvalue weighted by molar-refractivity contribution is 0.616. The Hall–Kier alpha value is -1.19. The summed E-state index contributed by atoms with van der Waals surface area (Å²) in [4.78, 5) is 0. The minimum atomic E-state index is -1.05. The molecule has 0 aliphatic heterocycles. The van der Waals surface area contributed by atoms with E-state index in [1.807, 2.05) is 39.8 Å². The van der Waals surface area contributed by atoms with Crippen LogP contribution in [0, 0.1) is 0 Å². The van der Waals surface area contributed by atoms with Crippen molar-refractivity contribution < 1.29 is 4.21 Å². The molecule has 0 aromatic heterocycles. The van der Waals surface area contributed by atoms with Crippen LogP contribution in [0.4, 0.5) is 0 Å². The van der Waals surface area contributed by atoms with Gasteiger partial charge in [0.15, 0.2) is 0 Å². The molecule has 3 heteroatoms.